The van der Waals surface area contributed by atoms with Crippen LogP contribution in [0.15, 0.2) is 48.7 Å². The van der Waals surface area contributed by atoms with Crippen LogP contribution in [0.3, 0.4) is 0 Å². The molecule has 1 aliphatic rings. The van der Waals surface area contributed by atoms with Gasteiger partial charge in [0.25, 0.3) is 0 Å². The highest BCUT2D eigenvalue weighted by molar-refractivity contribution is 5.85. The molecule has 2 heterocycles. The van der Waals surface area contributed by atoms with Crippen LogP contribution < -0.4 is 4.74 Å². The van der Waals surface area contributed by atoms with Gasteiger partial charge in [-0.25, -0.2) is 0 Å². The molecule has 0 spiro atoms. The second kappa shape index (κ2) is 7.95. The summed E-state index contributed by atoms with van der Waals surface area (Å²) in [6.07, 6.45) is 2.16. The molecular formula is C23H27NO4. The van der Waals surface area contributed by atoms with Crippen LogP contribution in [0.1, 0.15) is 35.6 Å². The molecule has 1 saturated heterocycles. The van der Waals surface area contributed by atoms with E-state index < -0.39 is 6.10 Å². The predicted octanol–water partition coefficient (Wildman–Crippen LogP) is 3.58. The van der Waals surface area contributed by atoms with Crippen LogP contribution in [0.25, 0.3) is 10.9 Å². The largest absolute Gasteiger partial charge is 0.497 e. The topological polar surface area (TPSA) is 63.9 Å². The Kier molecular flexibility index (Phi) is 5.40. The molecule has 0 bridgehead atoms. The van der Waals surface area contributed by atoms with E-state index in [1.165, 1.54) is 11.1 Å². The fourth-order valence-corrected chi connectivity index (χ4v) is 4.06. The molecule has 3 aromatic rings. The Morgan fingerprint density at radius 3 is 2.64 bits per heavy atom. The number of hydrogen-bond acceptors (Lipinski definition) is 4. The Hall–Kier alpha value is -2.34. The van der Waals surface area contributed by atoms with Crippen molar-refractivity contribution in [1.29, 1.82) is 0 Å². The second-order valence-electron chi connectivity index (χ2n) is 7.64. The highest BCUT2D eigenvalue weighted by Gasteiger charge is 2.31. The molecule has 0 radical (unpaired) electrons. The van der Waals surface area contributed by atoms with E-state index in [2.05, 4.69) is 48.0 Å². The maximum absolute atomic E-state index is 10.3. The molecule has 0 aliphatic carbocycles. The van der Waals surface area contributed by atoms with Gasteiger partial charge in [0.1, 0.15) is 5.75 Å². The first-order valence-corrected chi connectivity index (χ1v) is 9.74. The molecule has 0 saturated carbocycles. The van der Waals surface area contributed by atoms with Crippen LogP contribution in [0, 0.1) is 6.92 Å². The van der Waals surface area contributed by atoms with Gasteiger partial charge >= 0.3 is 0 Å². The Morgan fingerprint density at radius 1 is 1.14 bits per heavy atom. The minimum atomic E-state index is -0.458. The van der Waals surface area contributed by atoms with Crippen LogP contribution in [-0.4, -0.2) is 40.7 Å². The summed E-state index contributed by atoms with van der Waals surface area (Å²) in [6, 6.07) is 14.5. The molecule has 3 atom stereocenters. The zero-order chi connectivity index (χ0) is 19.7. The van der Waals surface area contributed by atoms with Gasteiger partial charge in [-0.15, -0.1) is 0 Å². The first-order chi connectivity index (χ1) is 13.6. The Bertz CT molecular complexity index is 947. The van der Waals surface area contributed by atoms with Gasteiger partial charge in [-0.05, 0) is 36.8 Å². The summed E-state index contributed by atoms with van der Waals surface area (Å²) in [5, 5.41) is 20.9. The van der Waals surface area contributed by atoms with Crippen LogP contribution in [-0.2, 0) is 11.3 Å². The molecule has 2 aromatic carbocycles. The van der Waals surface area contributed by atoms with Gasteiger partial charge in [0.15, 0.2) is 0 Å². The molecule has 1 fully saturated rings. The van der Waals surface area contributed by atoms with E-state index in [-0.39, 0.29) is 18.8 Å². The first-order valence-electron chi connectivity index (χ1n) is 9.74. The van der Waals surface area contributed by atoms with Crippen molar-refractivity contribution in [2.75, 3.05) is 13.7 Å². The summed E-state index contributed by atoms with van der Waals surface area (Å²) in [6.45, 7) is 2.75. The third-order valence-corrected chi connectivity index (χ3v) is 5.51. The van der Waals surface area contributed by atoms with Crippen molar-refractivity contribution < 1.29 is 19.7 Å². The lowest BCUT2D eigenvalue weighted by Gasteiger charge is -2.32. The molecule has 0 unspecified atom stereocenters. The van der Waals surface area contributed by atoms with E-state index in [1.807, 2.05) is 12.1 Å². The fraction of sp³-hybridized carbons (Fsp3) is 0.391. The van der Waals surface area contributed by atoms with Crippen LogP contribution in [0.4, 0.5) is 0 Å². The monoisotopic (exact) mass is 381 g/mol. The number of aromatic nitrogens is 1. The van der Waals surface area contributed by atoms with Crippen molar-refractivity contribution in [3.63, 3.8) is 0 Å². The molecule has 0 amide bonds. The minimum absolute atomic E-state index is 0.0723. The quantitative estimate of drug-likeness (QED) is 0.709. The average Bonchev–Trinajstić information content (AvgIpc) is 3.05. The van der Waals surface area contributed by atoms with Crippen molar-refractivity contribution in [3.8, 4) is 5.75 Å². The molecule has 1 aliphatic heterocycles. The van der Waals surface area contributed by atoms with Crippen molar-refractivity contribution >= 4 is 10.9 Å². The standard InChI is InChI=1S/C23H27NO4/c1-15-3-8-22-20(9-15)21(23-11-17(26)10-19(14-25)28-23)13-24(22)12-16-4-6-18(27-2)7-5-16/h3-9,13,17,19,23,25-26H,10-12,14H2,1-2H3/t17-,19-,23+/m0/s1. The number of fused-ring (bicyclic) bond motifs is 1. The van der Waals surface area contributed by atoms with Crippen LogP contribution in [0.5, 0.6) is 5.75 Å². The molecule has 28 heavy (non-hydrogen) atoms. The van der Waals surface area contributed by atoms with E-state index in [0.717, 1.165) is 28.8 Å². The molecule has 2 N–H and O–H groups in total. The minimum Gasteiger partial charge on any atom is -0.497 e. The maximum atomic E-state index is 10.3. The van der Waals surface area contributed by atoms with Gasteiger partial charge in [-0.2, -0.15) is 0 Å². The number of ether oxygens (including phenoxy) is 2. The summed E-state index contributed by atoms with van der Waals surface area (Å²) < 4.78 is 13.6. The number of aliphatic hydroxyl groups is 2. The lowest BCUT2D eigenvalue weighted by molar-refractivity contribution is -0.113. The number of benzene rings is 2. The Balaban J connectivity index is 1.71. The summed E-state index contributed by atoms with van der Waals surface area (Å²) >= 11 is 0. The van der Waals surface area contributed by atoms with Crippen molar-refractivity contribution in [2.24, 2.45) is 0 Å². The third kappa shape index (κ3) is 3.78. The van der Waals surface area contributed by atoms with E-state index in [4.69, 9.17) is 9.47 Å². The smallest absolute Gasteiger partial charge is 0.118 e. The van der Waals surface area contributed by atoms with Gasteiger partial charge in [0.2, 0.25) is 0 Å². The molecule has 5 nitrogen and oxygen atoms in total. The number of hydrogen-bond donors (Lipinski definition) is 2. The van der Waals surface area contributed by atoms with Gasteiger partial charge in [-0.1, -0.05) is 23.8 Å². The third-order valence-electron chi connectivity index (χ3n) is 5.51. The summed E-state index contributed by atoms with van der Waals surface area (Å²) in [5.41, 5.74) is 4.58. The average molecular weight is 381 g/mol. The Labute approximate surface area is 165 Å². The van der Waals surface area contributed by atoms with E-state index in [0.29, 0.717) is 12.8 Å². The molecule has 4 rings (SSSR count). The fourth-order valence-electron chi connectivity index (χ4n) is 4.06. The summed E-state index contributed by atoms with van der Waals surface area (Å²) in [4.78, 5) is 0. The van der Waals surface area contributed by atoms with Gasteiger partial charge in [0, 0.05) is 42.0 Å². The number of methoxy groups -OCH3 is 1. The predicted molar refractivity (Wildman–Crippen MR) is 109 cm³/mol. The van der Waals surface area contributed by atoms with Crippen molar-refractivity contribution in [2.45, 2.75) is 44.6 Å². The molecule has 1 aromatic heterocycles. The number of rotatable bonds is 5. The van der Waals surface area contributed by atoms with Gasteiger partial charge < -0.3 is 24.3 Å². The highest BCUT2D eigenvalue weighted by Crippen LogP contribution is 2.37. The highest BCUT2D eigenvalue weighted by atomic mass is 16.5. The second-order valence-corrected chi connectivity index (χ2v) is 7.64. The SMILES string of the molecule is COc1ccc(Cn2cc([C@H]3C[C@@H](O)C[C@@H](CO)O3)c3cc(C)ccc32)cc1. The number of aliphatic hydroxyl groups excluding tert-OH is 2. The summed E-state index contributed by atoms with van der Waals surface area (Å²) in [7, 11) is 1.67. The Morgan fingerprint density at radius 2 is 1.93 bits per heavy atom. The van der Waals surface area contributed by atoms with E-state index >= 15 is 0 Å². The first kappa shape index (κ1) is 19.0. The van der Waals surface area contributed by atoms with Gasteiger partial charge in [0.05, 0.1) is 32.0 Å². The van der Waals surface area contributed by atoms with Gasteiger partial charge in [-0.3, -0.25) is 0 Å². The van der Waals surface area contributed by atoms with E-state index in [9.17, 15) is 10.2 Å². The summed E-state index contributed by atoms with van der Waals surface area (Å²) in [5.74, 6) is 0.845. The number of aryl methyl sites for hydroxylation is 1. The molecule has 5 heteroatoms. The lowest BCUT2D eigenvalue weighted by Crippen LogP contribution is -2.33. The lowest BCUT2D eigenvalue weighted by atomic mass is 9.95. The molecule has 148 valence electrons. The zero-order valence-corrected chi connectivity index (χ0v) is 16.3. The zero-order valence-electron chi connectivity index (χ0n) is 16.3. The van der Waals surface area contributed by atoms with Crippen LogP contribution >= 0.6 is 0 Å². The van der Waals surface area contributed by atoms with E-state index in [1.54, 1.807) is 7.11 Å². The molecular weight excluding hydrogens is 354 g/mol. The van der Waals surface area contributed by atoms with Crippen molar-refractivity contribution in [1.82, 2.24) is 4.57 Å². The number of nitrogens with zero attached hydrogens (tertiary/aromatic N) is 1. The normalized spacial score (nSPS) is 22.5. The van der Waals surface area contributed by atoms with Crippen LogP contribution in [0.2, 0.25) is 0 Å². The van der Waals surface area contributed by atoms with Crippen molar-refractivity contribution in [3.05, 3.63) is 65.4 Å². The maximum Gasteiger partial charge on any atom is 0.118 e.